The van der Waals surface area contributed by atoms with E-state index in [9.17, 15) is 5.11 Å². The molecule has 0 amide bonds. The number of fused-ring (bicyclic) bond motifs is 1. The highest BCUT2D eigenvalue weighted by molar-refractivity contribution is 5.97. The van der Waals surface area contributed by atoms with Crippen molar-refractivity contribution in [2.24, 2.45) is 0 Å². The highest BCUT2D eigenvalue weighted by atomic mass is 16.3. The number of nitrogens with zero attached hydrogens (tertiary/aromatic N) is 4. The summed E-state index contributed by atoms with van der Waals surface area (Å²) in [5, 5.41) is 11.8. The van der Waals surface area contributed by atoms with Gasteiger partial charge in [-0.2, -0.15) is 0 Å². The Morgan fingerprint density at radius 3 is 1.79 bits per heavy atom. The second kappa shape index (κ2) is 14.5. The number of hydrogen-bond acceptors (Lipinski definition) is 4. The van der Waals surface area contributed by atoms with Gasteiger partial charge in [-0.15, -0.1) is 0 Å². The van der Waals surface area contributed by atoms with E-state index in [-0.39, 0.29) is 11.2 Å². The summed E-state index contributed by atoms with van der Waals surface area (Å²) in [7, 11) is 0. The van der Waals surface area contributed by atoms with Gasteiger partial charge in [-0.25, -0.2) is 4.98 Å². The molecule has 0 aliphatic carbocycles. The average Bonchev–Trinajstić information content (AvgIpc) is 3.64. The number of rotatable bonds is 7. The van der Waals surface area contributed by atoms with Crippen LogP contribution >= 0.6 is 0 Å². The number of hydrogen-bond donors (Lipinski definition) is 1. The van der Waals surface area contributed by atoms with Gasteiger partial charge in [0.1, 0.15) is 5.75 Å². The minimum Gasteiger partial charge on any atom is -0.507 e. The topological polar surface area (TPSA) is 63.8 Å². The van der Waals surface area contributed by atoms with Gasteiger partial charge in [0.2, 0.25) is 0 Å². The van der Waals surface area contributed by atoms with Crippen molar-refractivity contribution >= 4 is 11.0 Å². The Kier molecular flexibility index (Phi) is 9.06. The van der Waals surface area contributed by atoms with Crippen LogP contribution in [0.15, 0.2) is 176 Å². The van der Waals surface area contributed by atoms with Crippen molar-refractivity contribution in [3.8, 4) is 78.6 Å². The van der Waals surface area contributed by atoms with Crippen LogP contribution < -0.4 is 0 Å². The van der Waals surface area contributed by atoms with Crippen LogP contribution in [0.3, 0.4) is 0 Å². The predicted molar refractivity (Wildman–Crippen MR) is 234 cm³/mol. The van der Waals surface area contributed by atoms with Crippen LogP contribution in [0.5, 0.6) is 5.75 Å². The van der Waals surface area contributed by atoms with Crippen LogP contribution in [0.1, 0.15) is 31.9 Å². The highest BCUT2D eigenvalue weighted by Crippen LogP contribution is 2.42. The summed E-state index contributed by atoms with van der Waals surface area (Å²) in [5.41, 5.74) is 15.6. The Morgan fingerprint density at radius 1 is 0.509 bits per heavy atom. The van der Waals surface area contributed by atoms with Crippen LogP contribution in [0.2, 0.25) is 0 Å². The molecule has 0 spiro atoms. The lowest BCUT2D eigenvalue weighted by molar-refractivity contribution is 0.446. The van der Waals surface area contributed by atoms with Gasteiger partial charge in [-0.1, -0.05) is 136 Å². The van der Waals surface area contributed by atoms with Gasteiger partial charge in [0.15, 0.2) is 5.82 Å². The fourth-order valence-electron chi connectivity index (χ4n) is 7.71. The molecule has 276 valence electrons. The van der Waals surface area contributed by atoms with E-state index in [2.05, 4.69) is 165 Å². The third kappa shape index (κ3) is 6.78. The Hall–Kier alpha value is -7.11. The number of benzene rings is 6. The van der Waals surface area contributed by atoms with Gasteiger partial charge >= 0.3 is 0 Å². The predicted octanol–water partition coefficient (Wildman–Crippen LogP) is 13.1. The van der Waals surface area contributed by atoms with Crippen molar-refractivity contribution in [2.75, 3.05) is 0 Å². The molecule has 0 aliphatic rings. The number of aryl methyl sites for hydroxylation is 1. The summed E-state index contributed by atoms with van der Waals surface area (Å²) in [6.45, 7) is 8.36. The molecule has 0 radical (unpaired) electrons. The van der Waals surface area contributed by atoms with Crippen molar-refractivity contribution in [3.63, 3.8) is 0 Å². The second-order valence-corrected chi connectivity index (χ2v) is 15.6. The first-order chi connectivity index (χ1) is 27.7. The quantitative estimate of drug-likeness (QED) is 0.177. The molecule has 0 unspecified atom stereocenters. The molecule has 3 aromatic heterocycles. The van der Waals surface area contributed by atoms with Crippen molar-refractivity contribution in [1.29, 1.82) is 0 Å². The molecular formula is C52H42N4O. The Labute approximate surface area is 333 Å². The molecule has 5 nitrogen and oxygen atoms in total. The van der Waals surface area contributed by atoms with E-state index in [4.69, 9.17) is 9.97 Å². The van der Waals surface area contributed by atoms with Crippen LogP contribution in [0.4, 0.5) is 0 Å². The first kappa shape index (κ1) is 35.6. The van der Waals surface area contributed by atoms with E-state index < -0.39 is 0 Å². The standard InChI is InChI=1S/C52H42N4O/c1-34-31-54-47(30-44(34)38-25-23-37(24-26-38)35-15-8-5-9-16-35)41-28-39(36-17-10-6-11-18-36)27-40(29-41)43-21-14-22-48-49(43)55-51(56(48)42-19-12-7-13-20-42)45-32-53-33-46(50(45)57)52(2,3)4/h5-33H,1-4H3,(H,53,57). The van der Waals surface area contributed by atoms with Crippen molar-refractivity contribution in [3.05, 3.63) is 187 Å². The van der Waals surface area contributed by atoms with E-state index in [1.54, 1.807) is 12.4 Å². The van der Waals surface area contributed by atoms with E-state index >= 15 is 0 Å². The van der Waals surface area contributed by atoms with E-state index in [1.807, 2.05) is 36.5 Å². The third-order valence-corrected chi connectivity index (χ3v) is 10.7. The van der Waals surface area contributed by atoms with E-state index in [1.165, 1.54) is 11.1 Å². The van der Waals surface area contributed by atoms with Crippen LogP contribution in [0, 0.1) is 6.92 Å². The van der Waals surface area contributed by atoms with Crippen LogP contribution in [-0.2, 0) is 5.41 Å². The Balaban J connectivity index is 1.23. The molecule has 0 saturated heterocycles. The molecule has 0 aliphatic heterocycles. The second-order valence-electron chi connectivity index (χ2n) is 15.6. The van der Waals surface area contributed by atoms with Crippen LogP contribution in [-0.4, -0.2) is 24.6 Å². The first-order valence-electron chi connectivity index (χ1n) is 19.3. The molecule has 3 heterocycles. The van der Waals surface area contributed by atoms with Gasteiger partial charge in [-0.05, 0) is 99.3 Å². The fraction of sp³-hybridized carbons (Fsp3) is 0.0962. The van der Waals surface area contributed by atoms with Gasteiger partial charge < -0.3 is 5.11 Å². The molecule has 6 aromatic carbocycles. The summed E-state index contributed by atoms with van der Waals surface area (Å²) in [6, 6.07) is 55.1. The largest absolute Gasteiger partial charge is 0.507 e. The number of pyridine rings is 2. The molecule has 0 fully saturated rings. The third-order valence-electron chi connectivity index (χ3n) is 10.7. The Morgan fingerprint density at radius 2 is 1.11 bits per heavy atom. The zero-order valence-corrected chi connectivity index (χ0v) is 32.5. The zero-order valence-electron chi connectivity index (χ0n) is 32.5. The molecule has 1 N–H and O–H groups in total. The summed E-state index contributed by atoms with van der Waals surface area (Å²) in [6.07, 6.45) is 5.45. The molecule has 0 atom stereocenters. The fourth-order valence-corrected chi connectivity index (χ4v) is 7.71. The SMILES string of the molecule is Cc1cnc(-c2cc(-c3ccccc3)cc(-c3cccc4c3nc(-c3cncc(C(C)(C)C)c3O)n4-c3ccccc3)c2)cc1-c1ccc(-c2ccccc2)cc1. The average molecular weight is 739 g/mol. The summed E-state index contributed by atoms with van der Waals surface area (Å²) in [5.74, 6) is 0.818. The minimum absolute atomic E-state index is 0.191. The van der Waals surface area contributed by atoms with Crippen LogP contribution in [0.25, 0.3) is 83.9 Å². The number of aromatic hydroxyl groups is 1. The molecule has 0 bridgehead atoms. The first-order valence-corrected chi connectivity index (χ1v) is 19.3. The maximum atomic E-state index is 11.8. The summed E-state index contributed by atoms with van der Waals surface area (Å²) >= 11 is 0. The van der Waals surface area contributed by atoms with Crippen molar-refractivity contribution in [2.45, 2.75) is 33.1 Å². The van der Waals surface area contributed by atoms with Gasteiger partial charge in [0, 0.05) is 41.0 Å². The molecule has 9 aromatic rings. The van der Waals surface area contributed by atoms with E-state index in [0.717, 1.165) is 72.5 Å². The molecule has 5 heteroatoms. The maximum Gasteiger partial charge on any atom is 0.151 e. The van der Waals surface area contributed by atoms with Gasteiger partial charge in [-0.3, -0.25) is 14.5 Å². The number of aromatic nitrogens is 4. The minimum atomic E-state index is -0.314. The highest BCUT2D eigenvalue weighted by Gasteiger charge is 2.25. The van der Waals surface area contributed by atoms with Crippen molar-refractivity contribution < 1.29 is 5.11 Å². The maximum absolute atomic E-state index is 11.8. The smallest absolute Gasteiger partial charge is 0.151 e. The molecule has 9 rings (SSSR count). The zero-order chi connectivity index (χ0) is 39.1. The summed E-state index contributed by atoms with van der Waals surface area (Å²) < 4.78 is 2.13. The summed E-state index contributed by atoms with van der Waals surface area (Å²) in [4.78, 5) is 15.0. The number of para-hydroxylation sites is 2. The molecule has 57 heavy (non-hydrogen) atoms. The Bertz CT molecular complexity index is 2870. The van der Waals surface area contributed by atoms with Gasteiger partial charge in [0.25, 0.3) is 0 Å². The lowest BCUT2D eigenvalue weighted by Gasteiger charge is -2.21. The van der Waals surface area contributed by atoms with Crippen molar-refractivity contribution in [1.82, 2.24) is 19.5 Å². The van der Waals surface area contributed by atoms with Gasteiger partial charge in [0.05, 0.1) is 22.3 Å². The van der Waals surface area contributed by atoms with E-state index in [0.29, 0.717) is 11.4 Å². The number of imidazole rings is 1. The molecule has 0 saturated carbocycles. The lowest BCUT2D eigenvalue weighted by Crippen LogP contribution is -2.12. The normalized spacial score (nSPS) is 11.6. The monoisotopic (exact) mass is 738 g/mol. The lowest BCUT2D eigenvalue weighted by atomic mass is 9.86. The molecular weight excluding hydrogens is 697 g/mol.